The lowest BCUT2D eigenvalue weighted by Gasteiger charge is -2.16. The summed E-state index contributed by atoms with van der Waals surface area (Å²) in [6.07, 6.45) is 4.45. The molecule has 148 valence electrons. The fraction of sp³-hybridized carbons (Fsp3) is 0.650. The fourth-order valence-electron chi connectivity index (χ4n) is 2.84. The van der Waals surface area contributed by atoms with Crippen LogP contribution in [-0.4, -0.2) is 19.0 Å². The van der Waals surface area contributed by atoms with Crippen LogP contribution in [0.1, 0.15) is 64.5 Å². The van der Waals surface area contributed by atoms with Crippen LogP contribution in [0, 0.1) is 5.92 Å². The zero-order chi connectivity index (χ0) is 19.4. The molecule has 0 aromatic heterocycles. The first-order valence-corrected chi connectivity index (χ1v) is 11.1. The highest BCUT2D eigenvalue weighted by atomic mass is 31.2. The molecule has 0 heterocycles. The normalized spacial score (nSPS) is 11.9. The molecule has 0 bridgehead atoms. The van der Waals surface area contributed by atoms with E-state index in [0.717, 1.165) is 36.8 Å². The first-order chi connectivity index (χ1) is 12.5. The Morgan fingerprint density at radius 3 is 1.85 bits per heavy atom. The molecule has 0 N–H and O–H groups in total. The van der Waals surface area contributed by atoms with E-state index in [1.807, 2.05) is 24.3 Å². The van der Waals surface area contributed by atoms with Crippen LogP contribution in [0.2, 0.25) is 0 Å². The maximum Gasteiger partial charge on any atom is 0.475 e. The summed E-state index contributed by atoms with van der Waals surface area (Å²) in [7, 11) is -3.50. The number of phosphoric acid groups is 1. The number of hydrogen-bond acceptors (Lipinski definition) is 5. The molecule has 0 saturated heterocycles. The summed E-state index contributed by atoms with van der Waals surface area (Å²) in [4.78, 5) is 12.5. The Bertz CT molecular complexity index is 554. The van der Waals surface area contributed by atoms with Gasteiger partial charge in [0, 0.05) is 12.3 Å². The van der Waals surface area contributed by atoms with E-state index < -0.39 is 7.82 Å². The van der Waals surface area contributed by atoms with Crippen molar-refractivity contribution in [2.75, 3.05) is 13.2 Å². The van der Waals surface area contributed by atoms with Crippen molar-refractivity contribution < 1.29 is 22.9 Å². The molecular formula is C20H33O5P. The molecule has 0 atom stereocenters. The second kappa shape index (κ2) is 12.4. The van der Waals surface area contributed by atoms with Crippen LogP contribution in [0.4, 0.5) is 0 Å². The second-order valence-electron chi connectivity index (χ2n) is 6.29. The number of rotatable bonds is 14. The molecule has 0 spiro atoms. The summed E-state index contributed by atoms with van der Waals surface area (Å²) in [5.41, 5.74) is 1.85. The first-order valence-electron chi connectivity index (χ1n) is 9.62. The Morgan fingerprint density at radius 1 is 0.885 bits per heavy atom. The van der Waals surface area contributed by atoms with Gasteiger partial charge in [0.15, 0.2) is 0 Å². The maximum atomic E-state index is 12.5. The third-order valence-corrected chi connectivity index (χ3v) is 5.69. The van der Waals surface area contributed by atoms with E-state index in [1.54, 1.807) is 13.8 Å². The van der Waals surface area contributed by atoms with Crippen molar-refractivity contribution in [3.63, 3.8) is 0 Å². The average Bonchev–Trinajstić information content (AvgIpc) is 2.61. The quantitative estimate of drug-likeness (QED) is 0.384. The molecule has 1 aromatic rings. The van der Waals surface area contributed by atoms with Crippen LogP contribution < -0.4 is 0 Å². The van der Waals surface area contributed by atoms with Gasteiger partial charge in [-0.1, -0.05) is 51.0 Å². The SMILES string of the molecule is CCCC(CCC)C(=O)Cc1ccc(COP(=O)(OCC)OCC)cc1. The van der Waals surface area contributed by atoms with Crippen molar-refractivity contribution in [3.05, 3.63) is 35.4 Å². The predicted octanol–water partition coefficient (Wildman–Crippen LogP) is 5.71. The zero-order valence-corrected chi connectivity index (χ0v) is 17.4. The van der Waals surface area contributed by atoms with E-state index in [4.69, 9.17) is 13.6 Å². The van der Waals surface area contributed by atoms with E-state index in [1.165, 1.54) is 0 Å². The largest absolute Gasteiger partial charge is 0.475 e. The van der Waals surface area contributed by atoms with E-state index in [-0.39, 0.29) is 25.7 Å². The van der Waals surface area contributed by atoms with Crippen molar-refractivity contribution in [2.45, 2.75) is 66.4 Å². The highest BCUT2D eigenvalue weighted by molar-refractivity contribution is 7.48. The molecule has 0 fully saturated rings. The monoisotopic (exact) mass is 384 g/mol. The summed E-state index contributed by atoms with van der Waals surface area (Å²) in [6, 6.07) is 7.63. The smallest absolute Gasteiger partial charge is 0.299 e. The van der Waals surface area contributed by atoms with E-state index in [2.05, 4.69) is 13.8 Å². The van der Waals surface area contributed by atoms with Gasteiger partial charge in [-0.25, -0.2) is 4.57 Å². The first kappa shape index (κ1) is 23.0. The Labute approximate surface area is 158 Å². The summed E-state index contributed by atoms with van der Waals surface area (Å²) in [6.45, 7) is 8.38. The van der Waals surface area contributed by atoms with Crippen molar-refractivity contribution in [3.8, 4) is 0 Å². The molecule has 0 aliphatic heterocycles. The molecule has 0 saturated carbocycles. The summed E-state index contributed by atoms with van der Waals surface area (Å²) in [5, 5.41) is 0. The molecule has 6 heteroatoms. The Hall–Kier alpha value is -1.00. The van der Waals surface area contributed by atoms with Crippen molar-refractivity contribution in [2.24, 2.45) is 5.92 Å². The Kier molecular flexibility index (Phi) is 11.0. The summed E-state index contributed by atoms with van der Waals surface area (Å²) in [5.74, 6) is 0.478. The van der Waals surface area contributed by atoms with E-state index in [0.29, 0.717) is 12.2 Å². The lowest BCUT2D eigenvalue weighted by molar-refractivity contribution is -0.122. The highest BCUT2D eigenvalue weighted by Gasteiger charge is 2.25. The molecule has 1 rings (SSSR count). The minimum absolute atomic E-state index is 0.139. The predicted molar refractivity (Wildman–Crippen MR) is 104 cm³/mol. The molecule has 26 heavy (non-hydrogen) atoms. The number of ketones is 1. The minimum atomic E-state index is -3.50. The Morgan fingerprint density at radius 2 is 1.38 bits per heavy atom. The number of carbonyl (C=O) groups is 1. The third-order valence-electron chi connectivity index (χ3n) is 4.09. The molecule has 1 aromatic carbocycles. The summed E-state index contributed by atoms with van der Waals surface area (Å²) < 4.78 is 27.9. The molecule has 0 unspecified atom stereocenters. The van der Waals surface area contributed by atoms with Gasteiger partial charge < -0.3 is 0 Å². The average molecular weight is 384 g/mol. The van der Waals surface area contributed by atoms with Crippen molar-refractivity contribution in [1.82, 2.24) is 0 Å². The topological polar surface area (TPSA) is 61.8 Å². The molecule has 0 aliphatic carbocycles. The minimum Gasteiger partial charge on any atom is -0.299 e. The Balaban J connectivity index is 2.62. The van der Waals surface area contributed by atoms with Crippen LogP contribution in [-0.2, 0) is 36.0 Å². The molecule has 0 aliphatic rings. The number of carbonyl (C=O) groups excluding carboxylic acids is 1. The molecule has 0 amide bonds. The number of benzene rings is 1. The maximum absolute atomic E-state index is 12.5. The lowest BCUT2D eigenvalue weighted by Crippen LogP contribution is -2.16. The van der Waals surface area contributed by atoms with Gasteiger partial charge in [-0.3, -0.25) is 18.4 Å². The van der Waals surface area contributed by atoms with Gasteiger partial charge in [0.25, 0.3) is 0 Å². The van der Waals surface area contributed by atoms with Gasteiger partial charge in [-0.15, -0.1) is 0 Å². The van der Waals surface area contributed by atoms with Gasteiger partial charge in [-0.2, -0.15) is 0 Å². The fourth-order valence-corrected chi connectivity index (χ4v) is 4.01. The number of phosphoric ester groups is 1. The zero-order valence-electron chi connectivity index (χ0n) is 16.5. The van der Waals surface area contributed by atoms with Crippen LogP contribution >= 0.6 is 7.82 Å². The van der Waals surface area contributed by atoms with Gasteiger partial charge >= 0.3 is 7.82 Å². The highest BCUT2D eigenvalue weighted by Crippen LogP contribution is 2.49. The van der Waals surface area contributed by atoms with Gasteiger partial charge in [0.1, 0.15) is 5.78 Å². The van der Waals surface area contributed by atoms with Crippen LogP contribution in [0.5, 0.6) is 0 Å². The van der Waals surface area contributed by atoms with Gasteiger partial charge in [0.05, 0.1) is 19.8 Å². The molecule has 5 nitrogen and oxygen atoms in total. The second-order valence-corrected chi connectivity index (χ2v) is 7.96. The summed E-state index contributed by atoms with van der Waals surface area (Å²) >= 11 is 0. The van der Waals surface area contributed by atoms with Crippen LogP contribution in [0.3, 0.4) is 0 Å². The van der Waals surface area contributed by atoms with Crippen molar-refractivity contribution >= 4 is 13.6 Å². The molecular weight excluding hydrogens is 351 g/mol. The van der Waals surface area contributed by atoms with Crippen LogP contribution in [0.15, 0.2) is 24.3 Å². The van der Waals surface area contributed by atoms with Gasteiger partial charge in [-0.05, 0) is 37.8 Å². The van der Waals surface area contributed by atoms with Gasteiger partial charge in [0.2, 0.25) is 0 Å². The number of hydrogen-bond donors (Lipinski definition) is 0. The van der Waals surface area contributed by atoms with E-state index >= 15 is 0 Å². The van der Waals surface area contributed by atoms with Crippen LogP contribution in [0.25, 0.3) is 0 Å². The third kappa shape index (κ3) is 8.13. The van der Waals surface area contributed by atoms with Crippen molar-refractivity contribution in [1.29, 1.82) is 0 Å². The van der Waals surface area contributed by atoms with E-state index in [9.17, 15) is 9.36 Å². The number of Topliss-reactive ketones (excluding diaryl/α,β-unsaturated/α-hetero) is 1. The standard InChI is InChI=1S/C20H33O5P/c1-5-9-19(10-6-2)20(21)15-17-11-13-18(14-12-17)16-25-26(22,23-7-3)24-8-4/h11-14,19H,5-10,15-16H2,1-4H3. The lowest BCUT2D eigenvalue weighted by atomic mass is 9.90. The molecule has 0 radical (unpaired) electrons.